The largest absolute Gasteiger partial charge is 0.311 e. The molecule has 2 unspecified atom stereocenters. The van der Waals surface area contributed by atoms with Crippen molar-refractivity contribution in [2.75, 3.05) is 0 Å². The monoisotopic (exact) mass is 119 g/mol. The third-order valence-corrected chi connectivity index (χ3v) is 1.90. The molecule has 2 heterocycles. The van der Waals surface area contributed by atoms with Crippen molar-refractivity contribution in [3.63, 3.8) is 0 Å². The topological polar surface area (TPSA) is 12.0 Å². The van der Waals surface area contributed by atoms with Gasteiger partial charge in [0.25, 0.3) is 0 Å². The fraction of sp³-hybridized carbons (Fsp3) is 1.00. The average Bonchev–Trinajstić information content (AvgIpc) is 1.72. The highest BCUT2D eigenvalue weighted by Crippen LogP contribution is 2.28. The number of rotatable bonds is 0. The van der Waals surface area contributed by atoms with Crippen LogP contribution in [0.25, 0.3) is 0 Å². The predicted octanol–water partition coefficient (Wildman–Crippen LogP) is 0.932. The minimum atomic E-state index is 0. The Morgan fingerprint density at radius 1 is 1.14 bits per heavy atom. The van der Waals surface area contributed by atoms with E-state index in [1.54, 1.807) is 0 Å². The molecule has 0 amide bonds. The van der Waals surface area contributed by atoms with Crippen molar-refractivity contribution in [3.8, 4) is 0 Å². The smallest absolute Gasteiger partial charge is 0.00850 e. The molecule has 0 radical (unpaired) electrons. The van der Waals surface area contributed by atoms with Gasteiger partial charge in [0.15, 0.2) is 0 Å². The Hall–Kier alpha value is 0.250. The van der Waals surface area contributed by atoms with Crippen LogP contribution in [0, 0.1) is 0 Å². The van der Waals surface area contributed by atoms with Crippen LogP contribution < -0.4 is 5.32 Å². The number of hydrogen-bond donors (Lipinski definition) is 1. The van der Waals surface area contributed by atoms with Gasteiger partial charge in [0.1, 0.15) is 0 Å². The summed E-state index contributed by atoms with van der Waals surface area (Å²) in [6.45, 7) is 0. The molecular weight excluding hydrogens is 110 g/mol. The zero-order chi connectivity index (χ0) is 3.98. The maximum Gasteiger partial charge on any atom is 0.00850 e. The lowest BCUT2D eigenvalue weighted by Crippen LogP contribution is -2.43. The van der Waals surface area contributed by atoms with Gasteiger partial charge in [-0.3, -0.25) is 0 Å². The first-order chi connectivity index (χ1) is 2.95. The summed E-state index contributed by atoms with van der Waals surface area (Å²) in [5, 5.41) is 3.42. The Balaban J connectivity index is 0.000000245. The first kappa shape index (κ1) is 5.39. The van der Waals surface area contributed by atoms with Gasteiger partial charge >= 0.3 is 0 Å². The van der Waals surface area contributed by atoms with Crippen LogP contribution in [0.4, 0.5) is 0 Å². The molecule has 1 nitrogen and oxygen atoms in total. The second kappa shape index (κ2) is 1.64. The van der Waals surface area contributed by atoms with Crippen LogP contribution in [0.3, 0.4) is 0 Å². The van der Waals surface area contributed by atoms with Gasteiger partial charge in [0.2, 0.25) is 0 Å². The van der Waals surface area contributed by atoms with Crippen molar-refractivity contribution in [2.24, 2.45) is 0 Å². The SMILES string of the molecule is C1CC2CC1N2.Cl. The van der Waals surface area contributed by atoms with Crippen LogP contribution in [0.2, 0.25) is 0 Å². The summed E-state index contributed by atoms with van der Waals surface area (Å²) in [7, 11) is 0. The molecule has 1 aliphatic carbocycles. The molecule has 2 aliphatic heterocycles. The van der Waals surface area contributed by atoms with E-state index >= 15 is 0 Å². The Labute approximate surface area is 49.9 Å². The van der Waals surface area contributed by atoms with Crippen molar-refractivity contribution in [1.82, 2.24) is 5.32 Å². The summed E-state index contributed by atoms with van der Waals surface area (Å²) in [5.41, 5.74) is 0. The van der Waals surface area contributed by atoms with Crippen molar-refractivity contribution in [2.45, 2.75) is 31.3 Å². The molecule has 7 heavy (non-hydrogen) atoms. The Bertz CT molecular complexity index is 55.0. The Morgan fingerprint density at radius 2 is 1.57 bits per heavy atom. The van der Waals surface area contributed by atoms with Gasteiger partial charge in [-0.1, -0.05) is 0 Å². The number of fused-ring (bicyclic) bond motifs is 1. The predicted molar refractivity (Wildman–Crippen MR) is 31.8 cm³/mol. The lowest BCUT2D eigenvalue weighted by molar-refractivity contribution is 0.369. The maximum atomic E-state index is 3.42. The van der Waals surface area contributed by atoms with E-state index in [2.05, 4.69) is 5.32 Å². The molecule has 3 rings (SSSR count). The molecule has 2 saturated heterocycles. The zero-order valence-electron chi connectivity index (χ0n) is 4.18. The fourth-order valence-corrected chi connectivity index (χ4v) is 1.46. The van der Waals surface area contributed by atoms with E-state index in [9.17, 15) is 0 Å². The van der Waals surface area contributed by atoms with E-state index < -0.39 is 0 Å². The second-order valence-electron chi connectivity index (χ2n) is 2.37. The number of halogens is 1. The van der Waals surface area contributed by atoms with Crippen LogP contribution in [-0.2, 0) is 0 Å². The Kier molecular flexibility index (Phi) is 1.26. The molecule has 2 bridgehead atoms. The van der Waals surface area contributed by atoms with Crippen LogP contribution >= 0.6 is 12.4 Å². The minimum absolute atomic E-state index is 0. The lowest BCUT2D eigenvalue weighted by Gasteiger charge is -2.24. The van der Waals surface area contributed by atoms with Gasteiger partial charge in [0, 0.05) is 12.1 Å². The van der Waals surface area contributed by atoms with Crippen LogP contribution in [0.15, 0.2) is 0 Å². The van der Waals surface area contributed by atoms with E-state index in [0.717, 1.165) is 12.1 Å². The van der Waals surface area contributed by atoms with Crippen LogP contribution in [-0.4, -0.2) is 12.1 Å². The van der Waals surface area contributed by atoms with Gasteiger partial charge in [-0.05, 0) is 19.3 Å². The summed E-state index contributed by atoms with van der Waals surface area (Å²) < 4.78 is 0. The van der Waals surface area contributed by atoms with E-state index in [1.807, 2.05) is 0 Å². The number of nitrogens with one attached hydrogen (secondary N) is 1. The molecule has 1 N–H and O–H groups in total. The Morgan fingerprint density at radius 3 is 1.71 bits per heavy atom. The van der Waals surface area contributed by atoms with Crippen molar-refractivity contribution in [3.05, 3.63) is 0 Å². The van der Waals surface area contributed by atoms with Gasteiger partial charge in [-0.15, -0.1) is 12.4 Å². The number of hydrogen-bond acceptors (Lipinski definition) is 1. The van der Waals surface area contributed by atoms with Gasteiger partial charge in [-0.2, -0.15) is 0 Å². The highest BCUT2D eigenvalue weighted by Gasteiger charge is 2.34. The van der Waals surface area contributed by atoms with E-state index in [4.69, 9.17) is 0 Å². The molecule has 1 saturated carbocycles. The van der Waals surface area contributed by atoms with Crippen molar-refractivity contribution < 1.29 is 0 Å². The third kappa shape index (κ3) is 0.643. The highest BCUT2D eigenvalue weighted by atomic mass is 35.5. The minimum Gasteiger partial charge on any atom is -0.311 e. The molecular formula is C5H10ClN. The highest BCUT2D eigenvalue weighted by molar-refractivity contribution is 5.85. The normalized spacial score (nSPS) is 44.6. The maximum absolute atomic E-state index is 3.42. The standard InChI is InChI=1S/C5H9N.ClH/c1-2-5-3-4(1)6-5;/h4-6H,1-3H2;1H. The first-order valence-electron chi connectivity index (χ1n) is 2.71. The molecule has 42 valence electrons. The summed E-state index contributed by atoms with van der Waals surface area (Å²) >= 11 is 0. The summed E-state index contributed by atoms with van der Waals surface area (Å²) in [6.07, 6.45) is 4.37. The van der Waals surface area contributed by atoms with Gasteiger partial charge in [0.05, 0.1) is 0 Å². The molecule has 0 aromatic rings. The third-order valence-electron chi connectivity index (χ3n) is 1.90. The lowest BCUT2D eigenvalue weighted by atomic mass is 10.1. The second-order valence-corrected chi connectivity index (χ2v) is 2.37. The van der Waals surface area contributed by atoms with Crippen molar-refractivity contribution in [1.29, 1.82) is 0 Å². The van der Waals surface area contributed by atoms with Gasteiger partial charge in [-0.25, -0.2) is 0 Å². The van der Waals surface area contributed by atoms with E-state index in [1.165, 1.54) is 19.3 Å². The molecule has 0 aromatic carbocycles. The first-order valence-corrected chi connectivity index (χ1v) is 2.71. The van der Waals surface area contributed by atoms with Gasteiger partial charge < -0.3 is 5.32 Å². The molecule has 0 spiro atoms. The zero-order valence-corrected chi connectivity index (χ0v) is 5.00. The molecule has 3 fully saturated rings. The molecule has 3 aliphatic rings. The molecule has 2 heteroatoms. The fourth-order valence-electron chi connectivity index (χ4n) is 1.46. The average molecular weight is 120 g/mol. The van der Waals surface area contributed by atoms with E-state index in [-0.39, 0.29) is 12.4 Å². The summed E-state index contributed by atoms with van der Waals surface area (Å²) in [6, 6.07) is 1.88. The summed E-state index contributed by atoms with van der Waals surface area (Å²) in [4.78, 5) is 0. The van der Waals surface area contributed by atoms with Crippen molar-refractivity contribution >= 4 is 12.4 Å². The quantitative estimate of drug-likeness (QED) is 0.500. The van der Waals surface area contributed by atoms with E-state index in [0.29, 0.717) is 0 Å². The van der Waals surface area contributed by atoms with Crippen LogP contribution in [0.1, 0.15) is 19.3 Å². The molecule has 0 aromatic heterocycles. The van der Waals surface area contributed by atoms with Crippen LogP contribution in [0.5, 0.6) is 0 Å². The molecule has 2 atom stereocenters. The summed E-state index contributed by atoms with van der Waals surface area (Å²) in [5.74, 6) is 0.